The summed E-state index contributed by atoms with van der Waals surface area (Å²) in [5, 5.41) is 6.63. The number of methoxy groups -OCH3 is 1. The standard InChI is InChI=1S/C17H26N4O/c1-18-17(19-12-11-14-7-4-3-5-8-14)20-13-15-9-6-10-16(21-15)22-2/h6-7,9-10H,3-5,8,11-13H2,1-2H3,(H2,18,19,20). The maximum absolute atomic E-state index is 5.13. The number of nitrogens with zero attached hydrogens (tertiary/aromatic N) is 2. The highest BCUT2D eigenvalue weighted by molar-refractivity contribution is 5.79. The number of nitrogens with one attached hydrogen (secondary N) is 2. The van der Waals surface area contributed by atoms with Gasteiger partial charge in [0.2, 0.25) is 5.88 Å². The maximum atomic E-state index is 5.13. The predicted octanol–water partition coefficient (Wildman–Crippen LogP) is 2.65. The molecule has 0 atom stereocenters. The van der Waals surface area contributed by atoms with Gasteiger partial charge >= 0.3 is 0 Å². The molecule has 0 saturated heterocycles. The third kappa shape index (κ3) is 5.39. The summed E-state index contributed by atoms with van der Waals surface area (Å²) in [6.07, 6.45) is 8.65. The molecule has 5 nitrogen and oxygen atoms in total. The molecule has 0 spiro atoms. The van der Waals surface area contributed by atoms with Crippen molar-refractivity contribution < 1.29 is 4.74 Å². The van der Waals surface area contributed by atoms with Crippen molar-refractivity contribution in [2.45, 2.75) is 38.6 Å². The van der Waals surface area contributed by atoms with E-state index in [0.717, 1.165) is 24.6 Å². The van der Waals surface area contributed by atoms with Crippen LogP contribution in [0.25, 0.3) is 0 Å². The first-order valence-electron chi connectivity index (χ1n) is 7.94. The number of aliphatic imine (C=N–C) groups is 1. The molecule has 2 rings (SSSR count). The number of aromatic nitrogens is 1. The van der Waals surface area contributed by atoms with Gasteiger partial charge in [-0.25, -0.2) is 4.98 Å². The summed E-state index contributed by atoms with van der Waals surface area (Å²) in [4.78, 5) is 8.62. The van der Waals surface area contributed by atoms with Crippen molar-refractivity contribution in [1.29, 1.82) is 0 Å². The van der Waals surface area contributed by atoms with Gasteiger partial charge in [-0.1, -0.05) is 17.7 Å². The highest BCUT2D eigenvalue weighted by Crippen LogP contribution is 2.19. The molecule has 0 bridgehead atoms. The number of rotatable bonds is 6. The molecule has 0 saturated carbocycles. The molecule has 1 heterocycles. The van der Waals surface area contributed by atoms with Gasteiger partial charge in [0.1, 0.15) is 0 Å². The molecule has 0 amide bonds. The third-order valence-corrected chi connectivity index (χ3v) is 3.77. The Balaban J connectivity index is 1.73. The summed E-state index contributed by atoms with van der Waals surface area (Å²) >= 11 is 0. The second kappa shape index (κ2) is 9.07. The molecule has 0 radical (unpaired) electrons. The Morgan fingerprint density at radius 2 is 2.23 bits per heavy atom. The predicted molar refractivity (Wildman–Crippen MR) is 90.2 cm³/mol. The zero-order chi connectivity index (χ0) is 15.6. The van der Waals surface area contributed by atoms with Crippen LogP contribution in [-0.4, -0.2) is 31.6 Å². The Morgan fingerprint density at radius 1 is 1.32 bits per heavy atom. The van der Waals surface area contributed by atoms with E-state index >= 15 is 0 Å². The van der Waals surface area contributed by atoms with E-state index in [9.17, 15) is 0 Å². The molecule has 1 aromatic rings. The lowest BCUT2D eigenvalue weighted by Crippen LogP contribution is -2.37. The molecular weight excluding hydrogens is 276 g/mol. The molecule has 0 aliphatic heterocycles. The van der Waals surface area contributed by atoms with Gasteiger partial charge in [-0.15, -0.1) is 0 Å². The molecule has 120 valence electrons. The average Bonchev–Trinajstić information content (AvgIpc) is 2.59. The van der Waals surface area contributed by atoms with E-state index in [1.807, 2.05) is 18.2 Å². The second-order valence-corrected chi connectivity index (χ2v) is 5.38. The Hall–Kier alpha value is -2.04. The molecule has 0 unspecified atom stereocenters. The fourth-order valence-electron chi connectivity index (χ4n) is 2.54. The molecule has 1 aromatic heterocycles. The molecule has 1 aliphatic carbocycles. The van der Waals surface area contributed by atoms with Crippen molar-refractivity contribution in [1.82, 2.24) is 15.6 Å². The molecule has 0 fully saturated rings. The zero-order valence-electron chi connectivity index (χ0n) is 13.6. The molecule has 5 heteroatoms. The summed E-state index contributed by atoms with van der Waals surface area (Å²) < 4.78 is 5.13. The van der Waals surface area contributed by atoms with Crippen molar-refractivity contribution in [3.63, 3.8) is 0 Å². The smallest absolute Gasteiger partial charge is 0.213 e. The lowest BCUT2D eigenvalue weighted by atomic mass is 9.97. The van der Waals surface area contributed by atoms with Crippen molar-refractivity contribution >= 4 is 5.96 Å². The van der Waals surface area contributed by atoms with Gasteiger partial charge < -0.3 is 15.4 Å². The lowest BCUT2D eigenvalue weighted by molar-refractivity contribution is 0.396. The van der Waals surface area contributed by atoms with Crippen LogP contribution in [0.15, 0.2) is 34.8 Å². The van der Waals surface area contributed by atoms with Crippen LogP contribution in [0.4, 0.5) is 0 Å². The lowest BCUT2D eigenvalue weighted by Gasteiger charge is -2.15. The number of pyridine rings is 1. The van der Waals surface area contributed by atoms with Gasteiger partial charge in [0.15, 0.2) is 5.96 Å². The van der Waals surface area contributed by atoms with Crippen molar-refractivity contribution in [2.75, 3.05) is 20.7 Å². The largest absolute Gasteiger partial charge is 0.481 e. The number of allylic oxidation sites excluding steroid dienone is 1. The first-order chi connectivity index (χ1) is 10.8. The minimum Gasteiger partial charge on any atom is -0.481 e. The third-order valence-electron chi connectivity index (χ3n) is 3.77. The van der Waals surface area contributed by atoms with Crippen molar-refractivity contribution in [3.8, 4) is 5.88 Å². The Kier molecular flexibility index (Phi) is 6.74. The van der Waals surface area contributed by atoms with E-state index in [-0.39, 0.29) is 0 Å². The van der Waals surface area contributed by atoms with Gasteiger partial charge in [-0.3, -0.25) is 4.99 Å². The quantitative estimate of drug-likeness (QED) is 0.482. The number of hydrogen-bond donors (Lipinski definition) is 2. The maximum Gasteiger partial charge on any atom is 0.213 e. The number of ether oxygens (including phenoxy) is 1. The summed E-state index contributed by atoms with van der Waals surface area (Å²) in [6.45, 7) is 1.54. The minimum atomic E-state index is 0.625. The van der Waals surface area contributed by atoms with Crippen LogP contribution in [0, 0.1) is 0 Å². The Bertz CT molecular complexity index is 525. The first-order valence-corrected chi connectivity index (χ1v) is 7.94. The van der Waals surface area contributed by atoms with Gasteiger partial charge in [0.25, 0.3) is 0 Å². The summed E-state index contributed by atoms with van der Waals surface area (Å²) in [5.41, 5.74) is 2.50. The summed E-state index contributed by atoms with van der Waals surface area (Å²) in [7, 11) is 3.41. The number of guanidine groups is 1. The number of hydrogen-bond acceptors (Lipinski definition) is 3. The fraction of sp³-hybridized carbons (Fsp3) is 0.529. The van der Waals surface area contributed by atoms with Crippen LogP contribution in [0.1, 0.15) is 37.8 Å². The molecule has 0 aromatic carbocycles. The Labute approximate surface area is 132 Å². The molecule has 22 heavy (non-hydrogen) atoms. The minimum absolute atomic E-state index is 0.625. The zero-order valence-corrected chi connectivity index (χ0v) is 13.6. The van der Waals surface area contributed by atoms with Crippen LogP contribution in [0.2, 0.25) is 0 Å². The molecule has 1 aliphatic rings. The van der Waals surface area contributed by atoms with Gasteiger partial charge in [-0.2, -0.15) is 0 Å². The van der Waals surface area contributed by atoms with Crippen molar-refractivity contribution in [2.24, 2.45) is 4.99 Å². The molecular formula is C17H26N4O. The molecule has 2 N–H and O–H groups in total. The van der Waals surface area contributed by atoms with E-state index in [1.165, 1.54) is 25.7 Å². The normalized spacial score (nSPS) is 15.2. The van der Waals surface area contributed by atoms with E-state index in [2.05, 4.69) is 26.7 Å². The van der Waals surface area contributed by atoms with Crippen LogP contribution in [-0.2, 0) is 6.54 Å². The van der Waals surface area contributed by atoms with Crippen molar-refractivity contribution in [3.05, 3.63) is 35.5 Å². The highest BCUT2D eigenvalue weighted by Gasteiger charge is 2.04. The topological polar surface area (TPSA) is 58.5 Å². The van der Waals surface area contributed by atoms with Gasteiger partial charge in [-0.05, 0) is 38.2 Å². The average molecular weight is 302 g/mol. The van der Waals surface area contributed by atoms with Gasteiger partial charge in [0.05, 0.1) is 19.3 Å². The van der Waals surface area contributed by atoms with Crippen LogP contribution >= 0.6 is 0 Å². The monoisotopic (exact) mass is 302 g/mol. The van der Waals surface area contributed by atoms with Gasteiger partial charge in [0, 0.05) is 19.7 Å². The van der Waals surface area contributed by atoms with Crippen LogP contribution in [0.5, 0.6) is 5.88 Å². The van der Waals surface area contributed by atoms with E-state index in [0.29, 0.717) is 12.4 Å². The van der Waals surface area contributed by atoms with Crippen LogP contribution < -0.4 is 15.4 Å². The first kappa shape index (κ1) is 16.3. The summed E-state index contributed by atoms with van der Waals surface area (Å²) in [5.74, 6) is 1.44. The van der Waals surface area contributed by atoms with E-state index in [4.69, 9.17) is 4.74 Å². The summed E-state index contributed by atoms with van der Waals surface area (Å²) in [6, 6.07) is 5.75. The van der Waals surface area contributed by atoms with E-state index in [1.54, 1.807) is 19.7 Å². The highest BCUT2D eigenvalue weighted by atomic mass is 16.5. The van der Waals surface area contributed by atoms with Crippen LogP contribution in [0.3, 0.4) is 0 Å². The SMILES string of the molecule is CN=C(NCCC1=CCCCC1)NCc1cccc(OC)n1. The Morgan fingerprint density at radius 3 is 2.95 bits per heavy atom. The van der Waals surface area contributed by atoms with E-state index < -0.39 is 0 Å². The second-order valence-electron chi connectivity index (χ2n) is 5.38. The fourth-order valence-corrected chi connectivity index (χ4v) is 2.54.